The lowest BCUT2D eigenvalue weighted by molar-refractivity contribution is 0.0588. The zero-order chi connectivity index (χ0) is 14.9. The number of ether oxygens (including phenoxy) is 1. The Morgan fingerprint density at radius 2 is 1.90 bits per heavy atom. The predicted molar refractivity (Wildman–Crippen MR) is 84.1 cm³/mol. The number of rotatable bonds is 1. The molecule has 0 saturated carbocycles. The number of hydrogen-bond donors (Lipinski definition) is 0. The summed E-state index contributed by atoms with van der Waals surface area (Å²) in [6, 6.07) is 9.60. The third-order valence-corrected chi connectivity index (χ3v) is 3.14. The number of hydrogen-bond acceptors (Lipinski definition) is 3. The normalized spacial score (nSPS) is 11.4. The second kappa shape index (κ2) is 5.40. The molecule has 0 N–H and O–H groups in total. The van der Waals surface area contributed by atoms with Crippen molar-refractivity contribution in [3.05, 3.63) is 34.8 Å². The van der Waals surface area contributed by atoms with Gasteiger partial charge < -0.3 is 4.74 Å². The Balaban J connectivity index is 2.30. The standard InChI is InChI=1S/C15H17BrN2O2/c1-15(2,3)20-14(19)18(4)13-8-6-10-5-7-11(16)9-12(10)17-13/h5-9H,1-4H3. The number of halogens is 1. The van der Waals surface area contributed by atoms with Crippen LogP contribution in [0.3, 0.4) is 0 Å². The zero-order valence-corrected chi connectivity index (χ0v) is 13.6. The molecule has 1 aromatic carbocycles. The molecule has 0 aliphatic carbocycles. The van der Waals surface area contributed by atoms with Crippen LogP contribution >= 0.6 is 15.9 Å². The van der Waals surface area contributed by atoms with Gasteiger partial charge in [-0.2, -0.15) is 0 Å². The van der Waals surface area contributed by atoms with E-state index in [2.05, 4.69) is 20.9 Å². The molecule has 0 aliphatic rings. The van der Waals surface area contributed by atoms with Gasteiger partial charge in [0.15, 0.2) is 0 Å². The number of aromatic nitrogens is 1. The average Bonchev–Trinajstić information content (AvgIpc) is 2.34. The van der Waals surface area contributed by atoms with Crippen LogP contribution in [0.25, 0.3) is 10.9 Å². The van der Waals surface area contributed by atoms with Gasteiger partial charge in [-0.3, -0.25) is 4.90 Å². The first-order valence-corrected chi connectivity index (χ1v) is 7.08. The fraction of sp³-hybridized carbons (Fsp3) is 0.333. The molecule has 1 aromatic heterocycles. The van der Waals surface area contributed by atoms with Crippen LogP contribution in [-0.4, -0.2) is 23.7 Å². The van der Waals surface area contributed by atoms with E-state index in [0.29, 0.717) is 5.82 Å². The first kappa shape index (κ1) is 14.8. The highest BCUT2D eigenvalue weighted by Crippen LogP contribution is 2.22. The summed E-state index contributed by atoms with van der Waals surface area (Å²) in [7, 11) is 1.65. The van der Waals surface area contributed by atoms with Crippen molar-refractivity contribution in [2.75, 3.05) is 11.9 Å². The monoisotopic (exact) mass is 336 g/mol. The number of pyridine rings is 1. The van der Waals surface area contributed by atoms with E-state index in [1.165, 1.54) is 4.90 Å². The number of nitrogens with zero attached hydrogens (tertiary/aromatic N) is 2. The molecule has 2 rings (SSSR count). The van der Waals surface area contributed by atoms with Crippen molar-refractivity contribution in [2.24, 2.45) is 0 Å². The molecule has 106 valence electrons. The van der Waals surface area contributed by atoms with Crippen LogP contribution in [0.4, 0.5) is 10.6 Å². The van der Waals surface area contributed by atoms with E-state index in [-0.39, 0.29) is 0 Å². The minimum Gasteiger partial charge on any atom is -0.443 e. The van der Waals surface area contributed by atoms with Gasteiger partial charge in [0, 0.05) is 16.9 Å². The van der Waals surface area contributed by atoms with E-state index in [0.717, 1.165) is 15.4 Å². The molecule has 5 heteroatoms. The third kappa shape index (κ3) is 3.48. The van der Waals surface area contributed by atoms with Crippen LogP contribution in [-0.2, 0) is 4.74 Å². The summed E-state index contributed by atoms with van der Waals surface area (Å²) in [4.78, 5) is 17.9. The van der Waals surface area contributed by atoms with E-state index in [1.54, 1.807) is 13.1 Å². The van der Waals surface area contributed by atoms with Crippen LogP contribution in [0.2, 0.25) is 0 Å². The van der Waals surface area contributed by atoms with Gasteiger partial charge in [-0.15, -0.1) is 0 Å². The molecule has 0 radical (unpaired) electrons. The smallest absolute Gasteiger partial charge is 0.415 e. The summed E-state index contributed by atoms with van der Waals surface area (Å²) >= 11 is 3.42. The molecule has 0 spiro atoms. The number of fused-ring (bicyclic) bond motifs is 1. The van der Waals surface area contributed by atoms with Crippen molar-refractivity contribution in [3.63, 3.8) is 0 Å². The predicted octanol–water partition coefficient (Wildman–Crippen LogP) is 4.37. The van der Waals surface area contributed by atoms with E-state index >= 15 is 0 Å². The highest BCUT2D eigenvalue weighted by molar-refractivity contribution is 9.10. The van der Waals surface area contributed by atoms with Crippen LogP contribution < -0.4 is 4.90 Å². The summed E-state index contributed by atoms with van der Waals surface area (Å²) in [5.41, 5.74) is 0.304. The first-order valence-electron chi connectivity index (χ1n) is 6.29. The minimum absolute atomic E-state index is 0.417. The second-order valence-electron chi connectivity index (χ2n) is 5.55. The van der Waals surface area contributed by atoms with Gasteiger partial charge in [0.1, 0.15) is 11.4 Å². The van der Waals surface area contributed by atoms with Crippen LogP contribution in [0.15, 0.2) is 34.8 Å². The molecule has 0 fully saturated rings. The Labute approximate surface area is 126 Å². The highest BCUT2D eigenvalue weighted by atomic mass is 79.9. The van der Waals surface area contributed by atoms with Crippen LogP contribution in [0, 0.1) is 0 Å². The third-order valence-electron chi connectivity index (χ3n) is 2.65. The number of benzene rings is 1. The molecule has 20 heavy (non-hydrogen) atoms. The maximum atomic E-state index is 12.0. The molecule has 1 heterocycles. The maximum Gasteiger partial charge on any atom is 0.415 e. The fourth-order valence-electron chi connectivity index (χ4n) is 1.69. The van der Waals surface area contributed by atoms with Crippen molar-refractivity contribution in [1.82, 2.24) is 4.98 Å². The summed E-state index contributed by atoms with van der Waals surface area (Å²) in [5, 5.41) is 1.02. The molecule has 0 unspecified atom stereocenters. The molecule has 0 aliphatic heterocycles. The molecular formula is C15H17BrN2O2. The Bertz CT molecular complexity index is 650. The van der Waals surface area contributed by atoms with E-state index in [1.807, 2.05) is 45.0 Å². The SMILES string of the molecule is CN(C(=O)OC(C)(C)C)c1ccc2ccc(Br)cc2n1. The lowest BCUT2D eigenvalue weighted by atomic mass is 10.2. The summed E-state index contributed by atoms with van der Waals surface area (Å²) in [5.74, 6) is 0.560. The quantitative estimate of drug-likeness (QED) is 0.776. The van der Waals surface area contributed by atoms with E-state index in [4.69, 9.17) is 4.74 Å². The number of carbonyl (C=O) groups is 1. The molecule has 0 atom stereocenters. The minimum atomic E-state index is -0.523. The summed E-state index contributed by atoms with van der Waals surface area (Å²) in [6.45, 7) is 5.51. The van der Waals surface area contributed by atoms with Crippen molar-refractivity contribution < 1.29 is 9.53 Å². The van der Waals surface area contributed by atoms with Crippen molar-refractivity contribution >= 4 is 38.7 Å². The van der Waals surface area contributed by atoms with E-state index in [9.17, 15) is 4.79 Å². The number of amides is 1. The molecule has 0 bridgehead atoms. The largest absolute Gasteiger partial charge is 0.443 e. The maximum absolute atomic E-state index is 12.0. The Kier molecular flexibility index (Phi) is 3.99. The molecule has 1 amide bonds. The van der Waals surface area contributed by atoms with Crippen molar-refractivity contribution in [2.45, 2.75) is 26.4 Å². The zero-order valence-electron chi connectivity index (χ0n) is 12.0. The van der Waals surface area contributed by atoms with Gasteiger partial charge >= 0.3 is 6.09 Å². The lowest BCUT2D eigenvalue weighted by Crippen LogP contribution is -2.34. The summed E-state index contributed by atoms with van der Waals surface area (Å²) in [6.07, 6.45) is -0.417. The van der Waals surface area contributed by atoms with Gasteiger partial charge in [0.25, 0.3) is 0 Å². The van der Waals surface area contributed by atoms with Crippen molar-refractivity contribution in [1.29, 1.82) is 0 Å². The number of carbonyl (C=O) groups excluding carboxylic acids is 1. The van der Waals surface area contributed by atoms with Gasteiger partial charge in [0.2, 0.25) is 0 Å². The molecule has 0 saturated heterocycles. The van der Waals surface area contributed by atoms with Crippen LogP contribution in [0.1, 0.15) is 20.8 Å². The van der Waals surface area contributed by atoms with Crippen LogP contribution in [0.5, 0.6) is 0 Å². The van der Waals surface area contributed by atoms with Gasteiger partial charge in [0.05, 0.1) is 5.52 Å². The highest BCUT2D eigenvalue weighted by Gasteiger charge is 2.21. The second-order valence-corrected chi connectivity index (χ2v) is 6.46. The summed E-state index contributed by atoms with van der Waals surface area (Å²) < 4.78 is 6.28. The lowest BCUT2D eigenvalue weighted by Gasteiger charge is -2.24. The molecular weight excluding hydrogens is 320 g/mol. The Morgan fingerprint density at radius 3 is 2.55 bits per heavy atom. The first-order chi connectivity index (χ1) is 9.26. The Hall–Kier alpha value is -1.62. The average molecular weight is 337 g/mol. The van der Waals surface area contributed by atoms with Gasteiger partial charge in [-0.25, -0.2) is 9.78 Å². The molecule has 2 aromatic rings. The topological polar surface area (TPSA) is 42.4 Å². The fourth-order valence-corrected chi connectivity index (χ4v) is 2.04. The Morgan fingerprint density at radius 1 is 1.25 bits per heavy atom. The van der Waals surface area contributed by atoms with Crippen molar-refractivity contribution in [3.8, 4) is 0 Å². The van der Waals surface area contributed by atoms with E-state index < -0.39 is 11.7 Å². The number of anilines is 1. The van der Waals surface area contributed by atoms with Gasteiger partial charge in [-0.1, -0.05) is 22.0 Å². The van der Waals surface area contributed by atoms with Gasteiger partial charge in [-0.05, 0) is 45.0 Å². The molecule has 4 nitrogen and oxygen atoms in total.